The number of carbonyl (C=O) groups is 3. The van der Waals surface area contributed by atoms with Crippen LogP contribution in [0, 0.1) is 11.8 Å². The third kappa shape index (κ3) is 6.24. The molecule has 2 heterocycles. The Morgan fingerprint density at radius 1 is 0.969 bits per heavy atom. The fourth-order valence-corrected chi connectivity index (χ4v) is 4.62. The average molecular weight is 444 g/mol. The summed E-state index contributed by atoms with van der Waals surface area (Å²) in [5.74, 6) is 0.979. The monoisotopic (exact) mass is 443 g/mol. The summed E-state index contributed by atoms with van der Waals surface area (Å²) in [6.45, 7) is 6.87. The number of likely N-dealkylation sites (tertiary alicyclic amines) is 2. The summed E-state index contributed by atoms with van der Waals surface area (Å²) < 4.78 is 5.17. The summed E-state index contributed by atoms with van der Waals surface area (Å²) in [5, 5.41) is 3.04. The van der Waals surface area contributed by atoms with E-state index < -0.39 is 6.04 Å². The number of rotatable bonds is 7. The lowest BCUT2D eigenvalue weighted by Crippen LogP contribution is -2.55. The fraction of sp³-hybridized carbons (Fsp3) is 0.640. The highest BCUT2D eigenvalue weighted by Crippen LogP contribution is 2.25. The Kier molecular flexibility index (Phi) is 8.53. The van der Waals surface area contributed by atoms with Gasteiger partial charge in [-0.25, -0.2) is 0 Å². The molecule has 1 aromatic carbocycles. The van der Waals surface area contributed by atoms with Crippen LogP contribution in [0.1, 0.15) is 62.7 Å². The van der Waals surface area contributed by atoms with Gasteiger partial charge in [-0.05, 0) is 68.2 Å². The number of amides is 3. The summed E-state index contributed by atoms with van der Waals surface area (Å²) in [7, 11) is 1.58. The van der Waals surface area contributed by atoms with Crippen LogP contribution >= 0.6 is 0 Å². The van der Waals surface area contributed by atoms with Crippen LogP contribution in [-0.4, -0.2) is 66.9 Å². The Morgan fingerprint density at radius 3 is 2.16 bits per heavy atom. The van der Waals surface area contributed by atoms with Crippen molar-refractivity contribution in [3.8, 4) is 5.75 Å². The van der Waals surface area contributed by atoms with Crippen LogP contribution in [0.15, 0.2) is 24.3 Å². The van der Waals surface area contributed by atoms with Crippen LogP contribution in [0.5, 0.6) is 5.75 Å². The summed E-state index contributed by atoms with van der Waals surface area (Å²) in [4.78, 5) is 42.7. The molecular weight excluding hydrogens is 406 g/mol. The number of benzene rings is 1. The van der Waals surface area contributed by atoms with Crippen LogP contribution in [-0.2, 0) is 9.59 Å². The zero-order valence-corrected chi connectivity index (χ0v) is 19.6. The van der Waals surface area contributed by atoms with Crippen molar-refractivity contribution in [3.63, 3.8) is 0 Å². The summed E-state index contributed by atoms with van der Waals surface area (Å²) in [6, 6.07) is 6.35. The van der Waals surface area contributed by atoms with Crippen LogP contribution in [0.3, 0.4) is 0 Å². The van der Waals surface area contributed by atoms with Crippen molar-refractivity contribution in [1.29, 1.82) is 0 Å². The Bertz CT molecular complexity index is 779. The first-order valence-electron chi connectivity index (χ1n) is 11.9. The van der Waals surface area contributed by atoms with Crippen molar-refractivity contribution < 1.29 is 19.1 Å². The van der Waals surface area contributed by atoms with E-state index in [1.165, 1.54) is 0 Å². The third-order valence-electron chi connectivity index (χ3n) is 6.52. The molecule has 0 unspecified atom stereocenters. The van der Waals surface area contributed by atoms with Crippen LogP contribution in [0.25, 0.3) is 0 Å². The number of hydrogen-bond acceptors (Lipinski definition) is 4. The predicted molar refractivity (Wildman–Crippen MR) is 123 cm³/mol. The average Bonchev–Trinajstić information content (AvgIpc) is 2.82. The topological polar surface area (TPSA) is 79.0 Å². The van der Waals surface area contributed by atoms with Gasteiger partial charge in [-0.1, -0.05) is 13.8 Å². The maximum atomic E-state index is 13.4. The van der Waals surface area contributed by atoms with Crippen molar-refractivity contribution in [1.82, 2.24) is 15.1 Å². The first-order chi connectivity index (χ1) is 15.4. The van der Waals surface area contributed by atoms with E-state index in [0.717, 1.165) is 45.2 Å². The maximum Gasteiger partial charge on any atom is 0.251 e. The van der Waals surface area contributed by atoms with Crippen molar-refractivity contribution in [2.75, 3.05) is 33.3 Å². The van der Waals surface area contributed by atoms with E-state index in [1.54, 1.807) is 31.4 Å². The first kappa shape index (κ1) is 24.1. The molecule has 2 aliphatic heterocycles. The number of piperidine rings is 2. The third-order valence-corrected chi connectivity index (χ3v) is 6.52. The van der Waals surface area contributed by atoms with Gasteiger partial charge in [0.05, 0.1) is 7.11 Å². The van der Waals surface area contributed by atoms with Gasteiger partial charge in [0.1, 0.15) is 11.8 Å². The fourth-order valence-electron chi connectivity index (χ4n) is 4.62. The second-order valence-corrected chi connectivity index (χ2v) is 9.38. The molecule has 0 spiro atoms. The normalized spacial score (nSPS) is 18.4. The second-order valence-electron chi connectivity index (χ2n) is 9.38. The first-order valence-corrected chi connectivity index (χ1v) is 11.9. The molecule has 0 aromatic heterocycles. The van der Waals surface area contributed by atoms with Gasteiger partial charge in [0.25, 0.3) is 5.91 Å². The van der Waals surface area contributed by atoms with E-state index in [0.29, 0.717) is 36.7 Å². The van der Waals surface area contributed by atoms with E-state index in [4.69, 9.17) is 4.74 Å². The second kappa shape index (κ2) is 11.3. The molecular formula is C25H37N3O4. The standard InChI is InChI=1S/C25H37N3O4/c1-18(2)17-22(29)27-15-11-19(12-16-27)23(25(31)28-13-5-4-6-14-28)26-24(30)20-7-9-21(32-3)10-8-20/h7-10,18-19,23H,4-6,11-17H2,1-3H3,(H,26,30)/t23-/m0/s1. The smallest absolute Gasteiger partial charge is 0.251 e. The lowest BCUT2D eigenvalue weighted by Gasteiger charge is -2.38. The molecule has 0 bridgehead atoms. The zero-order valence-electron chi connectivity index (χ0n) is 19.6. The Balaban J connectivity index is 1.70. The minimum absolute atomic E-state index is 0.0125. The zero-order chi connectivity index (χ0) is 23.1. The van der Waals surface area contributed by atoms with E-state index in [-0.39, 0.29) is 23.6 Å². The molecule has 2 aliphatic rings. The largest absolute Gasteiger partial charge is 0.497 e. The molecule has 0 saturated carbocycles. The highest BCUT2D eigenvalue weighted by atomic mass is 16.5. The molecule has 3 amide bonds. The molecule has 2 fully saturated rings. The predicted octanol–water partition coefficient (Wildman–Crippen LogP) is 3.09. The van der Waals surface area contributed by atoms with Gasteiger partial charge >= 0.3 is 0 Å². The number of nitrogens with one attached hydrogen (secondary N) is 1. The van der Waals surface area contributed by atoms with Gasteiger partial charge in [0.15, 0.2) is 0 Å². The van der Waals surface area contributed by atoms with Gasteiger partial charge in [0.2, 0.25) is 11.8 Å². The van der Waals surface area contributed by atoms with Crippen molar-refractivity contribution in [2.24, 2.45) is 11.8 Å². The molecule has 2 saturated heterocycles. The number of methoxy groups -OCH3 is 1. The van der Waals surface area contributed by atoms with E-state index in [1.807, 2.05) is 23.6 Å². The van der Waals surface area contributed by atoms with Gasteiger partial charge < -0.3 is 19.9 Å². The molecule has 176 valence electrons. The summed E-state index contributed by atoms with van der Waals surface area (Å²) in [6.07, 6.45) is 5.14. The number of carbonyl (C=O) groups excluding carboxylic acids is 3. The van der Waals surface area contributed by atoms with E-state index in [2.05, 4.69) is 5.32 Å². The van der Waals surface area contributed by atoms with Gasteiger partial charge in [-0.3, -0.25) is 14.4 Å². The molecule has 7 heteroatoms. The quantitative estimate of drug-likeness (QED) is 0.702. The van der Waals surface area contributed by atoms with E-state index in [9.17, 15) is 14.4 Å². The van der Waals surface area contributed by atoms with Crippen LogP contribution < -0.4 is 10.1 Å². The molecule has 1 N–H and O–H groups in total. The number of nitrogens with zero attached hydrogens (tertiary/aromatic N) is 2. The minimum Gasteiger partial charge on any atom is -0.497 e. The van der Waals surface area contributed by atoms with Crippen LogP contribution in [0.2, 0.25) is 0 Å². The molecule has 1 aromatic rings. The van der Waals surface area contributed by atoms with Crippen molar-refractivity contribution in [3.05, 3.63) is 29.8 Å². The Labute approximate surface area is 191 Å². The SMILES string of the molecule is COc1ccc(C(=O)N[C@H](C(=O)N2CCCCC2)C2CCN(C(=O)CC(C)C)CC2)cc1. The lowest BCUT2D eigenvalue weighted by atomic mass is 9.87. The van der Waals surface area contributed by atoms with Crippen molar-refractivity contribution >= 4 is 17.7 Å². The molecule has 1 atom stereocenters. The van der Waals surface area contributed by atoms with Gasteiger partial charge in [-0.2, -0.15) is 0 Å². The Hall–Kier alpha value is -2.57. The molecule has 32 heavy (non-hydrogen) atoms. The van der Waals surface area contributed by atoms with Gasteiger partial charge in [0, 0.05) is 38.2 Å². The van der Waals surface area contributed by atoms with Crippen LogP contribution in [0.4, 0.5) is 0 Å². The van der Waals surface area contributed by atoms with Crippen molar-refractivity contribution in [2.45, 2.75) is 58.4 Å². The summed E-state index contributed by atoms with van der Waals surface area (Å²) >= 11 is 0. The Morgan fingerprint density at radius 2 is 1.59 bits per heavy atom. The highest BCUT2D eigenvalue weighted by molar-refractivity contribution is 5.97. The molecule has 0 aliphatic carbocycles. The molecule has 0 radical (unpaired) electrons. The minimum atomic E-state index is -0.565. The maximum absolute atomic E-state index is 13.4. The molecule has 3 rings (SSSR count). The summed E-state index contributed by atoms with van der Waals surface area (Å²) in [5.41, 5.74) is 0.506. The highest BCUT2D eigenvalue weighted by Gasteiger charge is 2.36. The number of ether oxygens (including phenoxy) is 1. The van der Waals surface area contributed by atoms with E-state index >= 15 is 0 Å². The lowest BCUT2D eigenvalue weighted by molar-refractivity contribution is -0.137. The molecule has 7 nitrogen and oxygen atoms in total. The number of hydrogen-bond donors (Lipinski definition) is 1. The van der Waals surface area contributed by atoms with Gasteiger partial charge in [-0.15, -0.1) is 0 Å².